The third-order valence-electron chi connectivity index (χ3n) is 5.08. The number of hydrogen-bond donors (Lipinski definition) is 3. The topological polar surface area (TPSA) is 67.3 Å². The van der Waals surface area contributed by atoms with Gasteiger partial charge in [0.05, 0.1) is 19.3 Å². The first-order chi connectivity index (χ1) is 13.2. The van der Waals surface area contributed by atoms with Gasteiger partial charge in [0, 0.05) is 29.7 Å². The molecule has 2 aromatic carbocycles. The van der Waals surface area contributed by atoms with Crippen molar-refractivity contribution in [3.05, 3.63) is 65.9 Å². The van der Waals surface area contributed by atoms with E-state index < -0.39 is 0 Å². The highest BCUT2D eigenvalue weighted by molar-refractivity contribution is 5.94. The number of methoxy groups -OCH3 is 1. The normalized spacial score (nSPS) is 19.3. The van der Waals surface area contributed by atoms with E-state index in [1.165, 1.54) is 16.6 Å². The minimum Gasteiger partial charge on any atom is -0.497 e. The van der Waals surface area contributed by atoms with Gasteiger partial charge in [-0.1, -0.05) is 18.2 Å². The molecule has 140 valence electrons. The van der Waals surface area contributed by atoms with Crippen LogP contribution in [0.2, 0.25) is 0 Å². The first-order valence-electron chi connectivity index (χ1n) is 9.23. The van der Waals surface area contributed by atoms with E-state index in [2.05, 4.69) is 58.0 Å². The predicted octanol–water partition coefficient (Wildman–Crippen LogP) is 2.96. The van der Waals surface area contributed by atoms with Crippen LogP contribution in [0.4, 0.5) is 0 Å². The first kappa shape index (κ1) is 17.6. The molecule has 1 aliphatic heterocycles. The second-order valence-corrected chi connectivity index (χ2v) is 6.70. The average molecular weight is 364 g/mol. The Balaban J connectivity index is 1.46. The lowest BCUT2D eigenvalue weighted by atomic mass is 10.1. The maximum Gasteiger partial charge on any atom is 0.252 e. The molecule has 2 atom stereocenters. The number of carbonyl (C=O) groups excluding carboxylic acids is 1. The number of ether oxygens (including phenoxy) is 1. The maximum absolute atomic E-state index is 12.5. The van der Waals surface area contributed by atoms with E-state index >= 15 is 0 Å². The lowest BCUT2D eigenvalue weighted by Crippen LogP contribution is -2.44. The van der Waals surface area contributed by atoms with Crippen molar-refractivity contribution in [3.8, 4) is 5.75 Å². The molecule has 3 N–H and O–H groups in total. The van der Waals surface area contributed by atoms with Crippen LogP contribution in [-0.4, -0.2) is 23.7 Å². The molecular formula is C21H24N4O2. The van der Waals surface area contributed by atoms with E-state index in [1.807, 2.05) is 0 Å². The number of rotatable bonds is 5. The average Bonchev–Trinajstić information content (AvgIpc) is 3.31. The van der Waals surface area contributed by atoms with Gasteiger partial charge in [-0.3, -0.25) is 4.79 Å². The van der Waals surface area contributed by atoms with Crippen LogP contribution < -0.4 is 20.9 Å². The number of para-hydroxylation sites is 1. The molecule has 1 fully saturated rings. The Hall–Kier alpha value is -2.83. The van der Waals surface area contributed by atoms with E-state index in [0.29, 0.717) is 5.56 Å². The zero-order valence-electron chi connectivity index (χ0n) is 15.5. The number of nitrogens with zero attached hydrogens (tertiary/aromatic N) is 1. The number of benzene rings is 2. The summed E-state index contributed by atoms with van der Waals surface area (Å²) in [6, 6.07) is 17.9. The number of carbonyl (C=O) groups is 1. The van der Waals surface area contributed by atoms with Crippen molar-refractivity contribution in [1.29, 1.82) is 0 Å². The molecule has 6 heteroatoms. The van der Waals surface area contributed by atoms with Gasteiger partial charge in [0.15, 0.2) is 0 Å². The highest BCUT2D eigenvalue weighted by atomic mass is 16.5. The number of aryl methyl sites for hydroxylation is 1. The molecule has 3 aromatic rings. The van der Waals surface area contributed by atoms with Gasteiger partial charge in [-0.05, 0) is 48.7 Å². The van der Waals surface area contributed by atoms with Crippen molar-refractivity contribution < 1.29 is 9.53 Å². The summed E-state index contributed by atoms with van der Waals surface area (Å²) in [6.07, 6.45) is 0.644. The first-order valence-corrected chi connectivity index (χ1v) is 9.23. The molecule has 0 spiro atoms. The van der Waals surface area contributed by atoms with E-state index in [-0.39, 0.29) is 18.1 Å². The highest BCUT2D eigenvalue weighted by Gasteiger charge is 2.28. The zero-order chi connectivity index (χ0) is 18.8. The third-order valence-corrected chi connectivity index (χ3v) is 5.08. The minimum atomic E-state index is -0.132. The van der Waals surface area contributed by atoms with Gasteiger partial charge >= 0.3 is 0 Å². The Bertz CT molecular complexity index is 948. The predicted molar refractivity (Wildman–Crippen MR) is 105 cm³/mol. The molecule has 1 saturated heterocycles. The number of fused-ring (bicyclic) bond motifs is 1. The molecule has 1 aliphatic rings. The van der Waals surface area contributed by atoms with Gasteiger partial charge < -0.3 is 14.6 Å². The zero-order valence-corrected chi connectivity index (χ0v) is 15.5. The second-order valence-electron chi connectivity index (χ2n) is 6.70. The number of hydrazine groups is 1. The van der Waals surface area contributed by atoms with Crippen LogP contribution in [0, 0.1) is 0 Å². The maximum atomic E-state index is 12.5. The highest BCUT2D eigenvalue weighted by Crippen LogP contribution is 2.28. The van der Waals surface area contributed by atoms with Gasteiger partial charge in [-0.15, -0.1) is 0 Å². The Kier molecular flexibility index (Phi) is 4.83. The van der Waals surface area contributed by atoms with Crippen LogP contribution in [0.5, 0.6) is 5.75 Å². The molecule has 4 rings (SSSR count). The molecule has 2 heterocycles. The summed E-state index contributed by atoms with van der Waals surface area (Å²) >= 11 is 0. The molecule has 0 radical (unpaired) electrons. The molecule has 1 aromatic heterocycles. The molecule has 0 bridgehead atoms. The Morgan fingerprint density at radius 2 is 1.96 bits per heavy atom. The monoisotopic (exact) mass is 364 g/mol. The van der Waals surface area contributed by atoms with Crippen LogP contribution >= 0.6 is 0 Å². The van der Waals surface area contributed by atoms with Gasteiger partial charge in [-0.25, -0.2) is 10.9 Å². The number of amides is 1. The van der Waals surface area contributed by atoms with Crippen molar-refractivity contribution in [2.24, 2.45) is 0 Å². The van der Waals surface area contributed by atoms with Crippen LogP contribution in [0.3, 0.4) is 0 Å². The van der Waals surface area contributed by atoms with Crippen molar-refractivity contribution in [3.63, 3.8) is 0 Å². The van der Waals surface area contributed by atoms with E-state index in [9.17, 15) is 4.79 Å². The van der Waals surface area contributed by atoms with E-state index in [4.69, 9.17) is 4.74 Å². The van der Waals surface area contributed by atoms with Crippen LogP contribution in [-0.2, 0) is 6.54 Å². The standard InChI is InChI=1S/C21H24N4O2/c1-3-25-18-7-5-4-6-15(18)12-19(25)17-13-20(24-23-17)22-21(26)14-8-10-16(27-2)11-9-14/h4-12,17,20,23-24H,3,13H2,1-2H3,(H,22,26). The van der Waals surface area contributed by atoms with Crippen LogP contribution in [0.1, 0.15) is 35.4 Å². The number of hydrogen-bond acceptors (Lipinski definition) is 4. The smallest absolute Gasteiger partial charge is 0.252 e. The molecule has 27 heavy (non-hydrogen) atoms. The largest absolute Gasteiger partial charge is 0.497 e. The van der Waals surface area contributed by atoms with Gasteiger partial charge in [0.25, 0.3) is 5.91 Å². The summed E-state index contributed by atoms with van der Waals surface area (Å²) in [5.41, 5.74) is 9.61. The number of nitrogens with one attached hydrogen (secondary N) is 3. The number of aromatic nitrogens is 1. The minimum absolute atomic E-state index is 0.103. The second kappa shape index (κ2) is 7.42. The SMILES string of the molecule is CCn1c(C2CC(NC(=O)c3ccc(OC)cc3)NN2)cc2ccccc21. The van der Waals surface area contributed by atoms with Gasteiger partial charge in [-0.2, -0.15) is 0 Å². The van der Waals surface area contributed by atoms with Gasteiger partial charge in [0.1, 0.15) is 5.75 Å². The lowest BCUT2D eigenvalue weighted by molar-refractivity contribution is 0.0932. The molecule has 6 nitrogen and oxygen atoms in total. The Labute approximate surface area is 158 Å². The van der Waals surface area contributed by atoms with E-state index in [0.717, 1.165) is 18.7 Å². The molecule has 2 unspecified atom stereocenters. The van der Waals surface area contributed by atoms with Crippen molar-refractivity contribution >= 4 is 16.8 Å². The summed E-state index contributed by atoms with van der Waals surface area (Å²) in [5, 5.41) is 4.28. The summed E-state index contributed by atoms with van der Waals surface area (Å²) in [7, 11) is 1.61. The summed E-state index contributed by atoms with van der Waals surface area (Å²) < 4.78 is 7.46. The fourth-order valence-electron chi connectivity index (χ4n) is 3.70. The molecule has 0 saturated carbocycles. The van der Waals surface area contributed by atoms with Crippen LogP contribution in [0.25, 0.3) is 10.9 Å². The van der Waals surface area contributed by atoms with Crippen molar-refractivity contribution in [1.82, 2.24) is 20.7 Å². The van der Waals surface area contributed by atoms with Crippen LogP contribution in [0.15, 0.2) is 54.6 Å². The lowest BCUT2D eigenvalue weighted by Gasteiger charge is -2.14. The molecule has 0 aliphatic carbocycles. The summed E-state index contributed by atoms with van der Waals surface area (Å²) in [4.78, 5) is 12.5. The summed E-state index contributed by atoms with van der Waals surface area (Å²) in [5.74, 6) is 0.633. The van der Waals surface area contributed by atoms with Crippen molar-refractivity contribution in [2.45, 2.75) is 32.1 Å². The Morgan fingerprint density at radius 3 is 2.70 bits per heavy atom. The third kappa shape index (κ3) is 3.41. The summed E-state index contributed by atoms with van der Waals surface area (Å²) in [6.45, 7) is 3.06. The van der Waals surface area contributed by atoms with E-state index in [1.54, 1.807) is 31.4 Å². The quantitative estimate of drug-likeness (QED) is 0.651. The molecule has 1 amide bonds. The van der Waals surface area contributed by atoms with Crippen molar-refractivity contribution in [2.75, 3.05) is 7.11 Å². The molecular weight excluding hydrogens is 340 g/mol. The van der Waals surface area contributed by atoms with Gasteiger partial charge in [0.2, 0.25) is 0 Å². The fourth-order valence-corrected chi connectivity index (χ4v) is 3.70. The Morgan fingerprint density at radius 1 is 1.19 bits per heavy atom. The fraction of sp³-hybridized carbons (Fsp3) is 0.286.